The van der Waals surface area contributed by atoms with Crippen LogP contribution >= 0.6 is 13.5 Å². The van der Waals surface area contributed by atoms with Crippen molar-refractivity contribution in [2.75, 3.05) is 0 Å². The van der Waals surface area contributed by atoms with E-state index in [0.717, 1.165) is 30.7 Å². The third-order valence-electron chi connectivity index (χ3n) is 10.3. The molecule has 0 saturated heterocycles. The molecule has 0 aliphatic carbocycles. The fourth-order valence-corrected chi connectivity index (χ4v) is 7.26. The molecule has 0 unspecified atom stereocenters. The first-order valence-corrected chi connectivity index (χ1v) is 23.4. The van der Waals surface area contributed by atoms with E-state index in [1.807, 2.05) is 37.3 Å². The number of rotatable bonds is 14. The van der Waals surface area contributed by atoms with Gasteiger partial charge < -0.3 is 0 Å². The maximum absolute atomic E-state index is 5.23. The van der Waals surface area contributed by atoms with Gasteiger partial charge in [-0.1, -0.05) is 223 Å². The van der Waals surface area contributed by atoms with Crippen LogP contribution in [-0.4, -0.2) is 5.71 Å². The Kier molecular flexibility index (Phi) is 28.2. The summed E-state index contributed by atoms with van der Waals surface area (Å²) in [6, 6.07) is 36.7. The lowest BCUT2D eigenvalue weighted by atomic mass is 9.84. The van der Waals surface area contributed by atoms with Gasteiger partial charge in [-0.3, -0.25) is 4.99 Å². The van der Waals surface area contributed by atoms with Gasteiger partial charge in [-0.15, -0.1) is 6.58 Å². The first kappa shape index (κ1) is 57.3. The smallest absolute Gasteiger partial charge is 0.0619 e. The van der Waals surface area contributed by atoms with Crippen molar-refractivity contribution in [1.82, 2.24) is 0 Å². The zero-order chi connectivity index (χ0) is 47.4. The molecule has 0 bridgehead atoms. The predicted molar refractivity (Wildman–Crippen MR) is 304 cm³/mol. The van der Waals surface area contributed by atoms with Crippen LogP contribution in [0.25, 0.3) is 38.3 Å². The molecule has 0 aliphatic rings. The standard InChI is InChI=1S/C50H57N.C7H8.C3H8.C3H6.H2S/c1-11-15-17-24-38(10)48-43-29-20-21-30-44(43)49(37(9)23-12-2)46-34-42(31-32-45(46)48)40(14-4)28-22-25-39(13-3)33-47(35(5)6)51-50(36(7)8)41-26-18-16-19-27-41;1-7-5-3-2-4-6-7;2*1-3-2;/h11,14-24,26-34,36H,1,12-13,25H2,2-10H3;2-6H,1H3;3H2,1-2H3;3H,1H2,2H3;1H2/b17-15-,28-22-,37-23+,38-24+,39-33+,40-14+,51-50?;;;;. The van der Waals surface area contributed by atoms with Crippen LogP contribution in [0.15, 0.2) is 199 Å². The highest BCUT2D eigenvalue weighted by molar-refractivity contribution is 7.59. The van der Waals surface area contributed by atoms with Crippen LogP contribution in [0, 0.1) is 12.8 Å². The summed E-state index contributed by atoms with van der Waals surface area (Å²) in [5.74, 6) is 0.323. The Morgan fingerprint density at radius 1 is 0.677 bits per heavy atom. The van der Waals surface area contributed by atoms with E-state index in [1.54, 1.807) is 6.08 Å². The van der Waals surface area contributed by atoms with Gasteiger partial charge in [0, 0.05) is 0 Å². The fraction of sp³-hybridized carbons (Fsp3) is 0.286. The lowest BCUT2D eigenvalue weighted by molar-refractivity contribution is 0.881. The number of fused-ring (bicyclic) bond motifs is 2. The van der Waals surface area contributed by atoms with Crippen molar-refractivity contribution in [2.45, 2.75) is 116 Å². The van der Waals surface area contributed by atoms with E-state index in [-0.39, 0.29) is 13.5 Å². The van der Waals surface area contributed by atoms with Crippen LogP contribution in [0.1, 0.15) is 137 Å². The van der Waals surface area contributed by atoms with Crippen molar-refractivity contribution in [1.29, 1.82) is 0 Å². The minimum atomic E-state index is 0. The van der Waals surface area contributed by atoms with Gasteiger partial charge >= 0.3 is 0 Å². The molecule has 65 heavy (non-hydrogen) atoms. The van der Waals surface area contributed by atoms with E-state index in [9.17, 15) is 0 Å². The first-order chi connectivity index (χ1) is 30.9. The molecule has 5 aromatic carbocycles. The van der Waals surface area contributed by atoms with Gasteiger partial charge in [0.2, 0.25) is 0 Å². The fourth-order valence-electron chi connectivity index (χ4n) is 7.26. The molecule has 2 heteroatoms. The Morgan fingerprint density at radius 2 is 1.22 bits per heavy atom. The zero-order valence-corrected chi connectivity index (χ0v) is 43.4. The number of benzene rings is 5. The average molecular weight is 884 g/mol. The molecule has 0 aliphatic heterocycles. The van der Waals surface area contributed by atoms with Crippen molar-refractivity contribution < 1.29 is 0 Å². The van der Waals surface area contributed by atoms with E-state index in [4.69, 9.17) is 4.99 Å². The van der Waals surface area contributed by atoms with Gasteiger partial charge in [-0.2, -0.15) is 13.5 Å². The normalized spacial score (nSPS) is 12.2. The first-order valence-electron chi connectivity index (χ1n) is 23.4. The third-order valence-corrected chi connectivity index (χ3v) is 10.3. The molecule has 0 amide bonds. The lowest BCUT2D eigenvalue weighted by Crippen LogP contribution is -2.10. The van der Waals surface area contributed by atoms with Crippen molar-refractivity contribution in [3.05, 3.63) is 222 Å². The quantitative estimate of drug-likeness (QED) is 0.0456. The second-order valence-corrected chi connectivity index (χ2v) is 16.5. The maximum Gasteiger partial charge on any atom is 0.0619 e. The predicted octanol–water partition coefficient (Wildman–Crippen LogP) is 19.8. The Bertz CT molecular complexity index is 2470. The third kappa shape index (κ3) is 18.4. The Labute approximate surface area is 403 Å². The van der Waals surface area contributed by atoms with E-state index in [1.165, 1.54) is 83.6 Å². The summed E-state index contributed by atoms with van der Waals surface area (Å²) >= 11 is 0. The summed E-state index contributed by atoms with van der Waals surface area (Å²) in [5.41, 5.74) is 14.9. The number of hydrogen-bond donors (Lipinski definition) is 0. The Hall–Kier alpha value is -5.70. The summed E-state index contributed by atoms with van der Waals surface area (Å²) in [5, 5.41) is 5.14. The second-order valence-electron chi connectivity index (χ2n) is 16.5. The number of hydrogen-bond acceptors (Lipinski definition) is 1. The van der Waals surface area contributed by atoms with Crippen LogP contribution in [0.2, 0.25) is 0 Å². The van der Waals surface area contributed by atoms with Gasteiger partial charge in [-0.25, -0.2) is 0 Å². The highest BCUT2D eigenvalue weighted by Crippen LogP contribution is 2.41. The second kappa shape index (κ2) is 32.0. The molecule has 0 aromatic heterocycles. The summed E-state index contributed by atoms with van der Waals surface area (Å²) in [4.78, 5) is 5.23. The average Bonchev–Trinajstić information content (AvgIpc) is 3.28. The van der Waals surface area contributed by atoms with Crippen LogP contribution in [0.4, 0.5) is 0 Å². The highest BCUT2D eigenvalue weighted by atomic mass is 32.1. The number of allylic oxidation sites excluding steroid dienone is 15. The molecule has 344 valence electrons. The Morgan fingerprint density at radius 3 is 1.69 bits per heavy atom. The van der Waals surface area contributed by atoms with Crippen molar-refractivity contribution in [3.63, 3.8) is 0 Å². The minimum absolute atomic E-state index is 0. The van der Waals surface area contributed by atoms with Gasteiger partial charge in [0.25, 0.3) is 0 Å². The monoisotopic (exact) mass is 884 g/mol. The molecule has 0 N–H and O–H groups in total. The number of aryl methyl sites for hydroxylation is 1. The van der Waals surface area contributed by atoms with E-state index >= 15 is 0 Å². The minimum Gasteiger partial charge on any atom is -0.253 e. The number of nitrogens with zero attached hydrogens (tertiary/aromatic N) is 1. The van der Waals surface area contributed by atoms with Gasteiger partial charge in [0.15, 0.2) is 0 Å². The molecule has 5 aromatic rings. The molecule has 0 saturated carbocycles. The number of aliphatic imine (C=N–C) groups is 1. The topological polar surface area (TPSA) is 12.4 Å². The molecule has 0 heterocycles. The van der Waals surface area contributed by atoms with Crippen LogP contribution in [0.3, 0.4) is 0 Å². The molecular weight excluding hydrogens is 803 g/mol. The Balaban J connectivity index is 0.00000131. The summed E-state index contributed by atoms with van der Waals surface area (Å²) in [7, 11) is 0. The largest absolute Gasteiger partial charge is 0.253 e. The summed E-state index contributed by atoms with van der Waals surface area (Å²) in [6.45, 7) is 35.3. The molecule has 0 fully saturated rings. The summed E-state index contributed by atoms with van der Waals surface area (Å²) < 4.78 is 0. The molecular formula is C63H81NS. The molecule has 0 spiro atoms. The van der Waals surface area contributed by atoms with Crippen LogP contribution in [-0.2, 0) is 0 Å². The van der Waals surface area contributed by atoms with Crippen molar-refractivity contribution in [3.8, 4) is 0 Å². The van der Waals surface area contributed by atoms with Crippen molar-refractivity contribution >= 4 is 57.5 Å². The lowest BCUT2D eigenvalue weighted by Gasteiger charge is -2.19. The van der Waals surface area contributed by atoms with Gasteiger partial charge in [0.05, 0.1) is 11.4 Å². The van der Waals surface area contributed by atoms with Crippen LogP contribution in [0.5, 0.6) is 0 Å². The van der Waals surface area contributed by atoms with Gasteiger partial charge in [0.1, 0.15) is 0 Å². The van der Waals surface area contributed by atoms with E-state index in [2.05, 4.69) is 224 Å². The molecule has 0 atom stereocenters. The summed E-state index contributed by atoms with van der Waals surface area (Å²) in [6.07, 6.45) is 25.4. The molecule has 5 rings (SSSR count). The van der Waals surface area contributed by atoms with Crippen molar-refractivity contribution in [2.24, 2.45) is 10.9 Å². The van der Waals surface area contributed by atoms with Gasteiger partial charge in [-0.05, 0) is 146 Å². The maximum atomic E-state index is 5.23. The van der Waals surface area contributed by atoms with E-state index in [0.29, 0.717) is 5.92 Å². The molecule has 1 nitrogen and oxygen atoms in total. The zero-order valence-electron chi connectivity index (χ0n) is 42.4. The molecule has 0 radical (unpaired) electrons. The van der Waals surface area contributed by atoms with Crippen LogP contribution < -0.4 is 0 Å². The highest BCUT2D eigenvalue weighted by Gasteiger charge is 2.17. The van der Waals surface area contributed by atoms with E-state index < -0.39 is 0 Å². The SMILES string of the molecule is C=C/C=C\C=C(/C)c1c2ccccc2c(/C(C)=C/CC)c2cc(C(/C=C\C/C(=C/C(N=C(c3ccccc3)C(C)C)=C(C)C)CC)=C/C)ccc12.C=CC.CCC.Cc1ccccc1.S.